The second-order valence-electron chi connectivity index (χ2n) is 8.07. The van der Waals surface area contributed by atoms with E-state index in [1.165, 1.54) is 5.48 Å². The number of nitrogens with one attached hydrogen (secondary N) is 3. The molecule has 0 fully saturated rings. The molecule has 0 aromatic heterocycles. The topological polar surface area (TPSA) is 154 Å². The van der Waals surface area contributed by atoms with E-state index in [0.717, 1.165) is 11.1 Å². The largest absolute Gasteiger partial charge is 0.380 e. The molecule has 7 N–H and O–H groups in total. The van der Waals surface area contributed by atoms with Gasteiger partial charge in [0.15, 0.2) is 6.10 Å². The Hall–Kier alpha value is -4.21. The molecule has 0 aliphatic heterocycles. The number of carbonyl (C=O) groups is 3. The summed E-state index contributed by atoms with van der Waals surface area (Å²) in [6, 6.07) is 23.2. The molecule has 9 nitrogen and oxygen atoms in total. The van der Waals surface area contributed by atoms with Crippen LogP contribution in [-0.2, 0) is 14.4 Å². The van der Waals surface area contributed by atoms with Crippen molar-refractivity contribution < 1.29 is 24.7 Å². The third kappa shape index (κ3) is 6.44. The number of primary amides is 1. The van der Waals surface area contributed by atoms with Crippen LogP contribution in [0, 0.1) is 0 Å². The van der Waals surface area contributed by atoms with Gasteiger partial charge in [0.1, 0.15) is 6.04 Å². The van der Waals surface area contributed by atoms with E-state index in [9.17, 15) is 19.5 Å². The summed E-state index contributed by atoms with van der Waals surface area (Å²) in [6.45, 7) is 1.60. The van der Waals surface area contributed by atoms with Crippen molar-refractivity contribution in [1.82, 2.24) is 10.8 Å². The lowest BCUT2D eigenvalue weighted by molar-refractivity contribution is -0.142. The number of carbonyl (C=O) groups excluding carboxylic acids is 3. The van der Waals surface area contributed by atoms with Crippen LogP contribution in [0.15, 0.2) is 84.9 Å². The van der Waals surface area contributed by atoms with Gasteiger partial charge < -0.3 is 21.5 Å². The quantitative estimate of drug-likeness (QED) is 0.194. The number of amides is 3. The Morgan fingerprint density at radius 1 is 0.800 bits per heavy atom. The van der Waals surface area contributed by atoms with Gasteiger partial charge in [0.25, 0.3) is 5.91 Å². The highest BCUT2D eigenvalue weighted by Crippen LogP contribution is 2.23. The number of aliphatic hydroxyl groups excluding tert-OH is 1. The van der Waals surface area contributed by atoms with Crippen molar-refractivity contribution in [2.24, 2.45) is 5.73 Å². The third-order valence-electron chi connectivity index (χ3n) is 5.63. The molecule has 3 aromatic rings. The van der Waals surface area contributed by atoms with E-state index >= 15 is 0 Å². The van der Waals surface area contributed by atoms with Crippen LogP contribution in [-0.4, -0.2) is 46.2 Å². The van der Waals surface area contributed by atoms with Gasteiger partial charge in [-0.15, -0.1) is 0 Å². The fourth-order valence-electron chi connectivity index (χ4n) is 3.83. The van der Waals surface area contributed by atoms with Gasteiger partial charge in [-0.3, -0.25) is 19.6 Å². The minimum atomic E-state index is -1.93. The Bertz CT molecular complexity index is 1140. The lowest BCUT2D eigenvalue weighted by atomic mass is 9.91. The normalized spacial score (nSPS) is 14.1. The highest BCUT2D eigenvalue weighted by molar-refractivity contribution is 5.94. The summed E-state index contributed by atoms with van der Waals surface area (Å²) < 4.78 is 0. The van der Waals surface area contributed by atoms with Gasteiger partial charge in [-0.25, -0.2) is 5.48 Å². The van der Waals surface area contributed by atoms with Gasteiger partial charge in [-0.1, -0.05) is 72.8 Å². The number of hydrogen-bond donors (Lipinski definition) is 6. The van der Waals surface area contributed by atoms with Crippen molar-refractivity contribution in [3.8, 4) is 11.1 Å². The maximum atomic E-state index is 13.1. The van der Waals surface area contributed by atoms with Crippen LogP contribution >= 0.6 is 0 Å². The van der Waals surface area contributed by atoms with Gasteiger partial charge in [-0.2, -0.15) is 0 Å². The number of rotatable bonds is 10. The van der Waals surface area contributed by atoms with Crippen molar-refractivity contribution >= 4 is 23.4 Å². The molecule has 9 heteroatoms. The summed E-state index contributed by atoms with van der Waals surface area (Å²) in [6.07, 6.45) is -1.93. The fourth-order valence-corrected chi connectivity index (χ4v) is 3.83. The Morgan fingerprint density at radius 3 is 1.89 bits per heavy atom. The summed E-state index contributed by atoms with van der Waals surface area (Å²) >= 11 is 0. The van der Waals surface area contributed by atoms with Crippen LogP contribution in [0.1, 0.15) is 18.4 Å². The van der Waals surface area contributed by atoms with E-state index in [1.807, 2.05) is 42.5 Å². The van der Waals surface area contributed by atoms with Crippen molar-refractivity contribution in [2.75, 3.05) is 5.32 Å². The minimum Gasteiger partial charge on any atom is -0.380 e. The zero-order chi connectivity index (χ0) is 25.4. The predicted molar refractivity (Wildman–Crippen MR) is 131 cm³/mol. The fraction of sp³-hybridized carbons (Fsp3) is 0.192. The summed E-state index contributed by atoms with van der Waals surface area (Å²) in [5.41, 5.74) is 9.94. The highest BCUT2D eigenvalue weighted by atomic mass is 16.5. The van der Waals surface area contributed by atoms with E-state index in [2.05, 4.69) is 10.6 Å². The van der Waals surface area contributed by atoms with Crippen molar-refractivity contribution in [1.29, 1.82) is 0 Å². The lowest BCUT2D eigenvalue weighted by Gasteiger charge is -2.28. The minimum absolute atomic E-state index is 0.455. The molecule has 0 aliphatic rings. The predicted octanol–water partition coefficient (Wildman–Crippen LogP) is 1.77. The van der Waals surface area contributed by atoms with Gasteiger partial charge >= 0.3 is 0 Å². The average Bonchev–Trinajstić information content (AvgIpc) is 2.87. The number of benzene rings is 3. The maximum absolute atomic E-state index is 13.1. The van der Waals surface area contributed by atoms with Crippen molar-refractivity contribution in [2.45, 2.75) is 31.0 Å². The molecular weight excluding hydrogens is 448 g/mol. The monoisotopic (exact) mass is 476 g/mol. The number of aliphatic hydroxyl groups is 1. The highest BCUT2D eigenvalue weighted by Gasteiger charge is 2.35. The molecule has 3 amide bonds. The zero-order valence-electron chi connectivity index (χ0n) is 19.1. The molecule has 3 rings (SSSR count). The van der Waals surface area contributed by atoms with Crippen LogP contribution in [0.4, 0.5) is 5.69 Å². The van der Waals surface area contributed by atoms with Crippen molar-refractivity contribution in [3.63, 3.8) is 0 Å². The van der Waals surface area contributed by atoms with E-state index in [0.29, 0.717) is 11.3 Å². The van der Waals surface area contributed by atoms with E-state index in [4.69, 9.17) is 10.9 Å². The van der Waals surface area contributed by atoms with Crippen molar-refractivity contribution in [3.05, 3.63) is 90.5 Å². The second kappa shape index (κ2) is 11.8. The first-order valence-electron chi connectivity index (χ1n) is 11.0. The molecule has 0 radical (unpaired) electrons. The molecule has 0 saturated carbocycles. The number of anilines is 1. The SMILES string of the molecule is CC(NC(=O)C(Nc1ccc(-c2ccccc2)cc1)C(O)C(=O)NO)C(C(N)=O)c1ccccc1. The number of nitrogens with two attached hydrogens (primary N) is 1. The summed E-state index contributed by atoms with van der Waals surface area (Å²) in [5.74, 6) is -3.41. The summed E-state index contributed by atoms with van der Waals surface area (Å²) in [7, 11) is 0. The molecule has 0 spiro atoms. The second-order valence-corrected chi connectivity index (χ2v) is 8.07. The average molecular weight is 477 g/mol. The first-order chi connectivity index (χ1) is 16.8. The molecule has 35 heavy (non-hydrogen) atoms. The standard InChI is InChI=1S/C26H28N4O5/c1-16(21(24(27)32)19-10-6-3-7-11-19)28-25(33)22(23(31)26(34)30-35)29-20-14-12-18(13-15-20)17-8-4-2-5-9-17/h2-16,21-23,29,31,35H,1H3,(H2,27,32)(H,28,33)(H,30,34). The lowest BCUT2D eigenvalue weighted by Crippen LogP contribution is -2.55. The molecule has 4 unspecified atom stereocenters. The molecule has 4 atom stereocenters. The van der Waals surface area contributed by atoms with Crippen LogP contribution in [0.2, 0.25) is 0 Å². The van der Waals surface area contributed by atoms with Crippen LogP contribution in [0.3, 0.4) is 0 Å². The van der Waals surface area contributed by atoms with Crippen LogP contribution < -0.4 is 21.8 Å². The molecular formula is C26H28N4O5. The van der Waals surface area contributed by atoms with Gasteiger partial charge in [0.05, 0.1) is 5.92 Å². The van der Waals surface area contributed by atoms with E-state index < -0.39 is 41.8 Å². The van der Waals surface area contributed by atoms with Gasteiger partial charge in [0, 0.05) is 11.7 Å². The maximum Gasteiger partial charge on any atom is 0.274 e. The molecule has 0 bridgehead atoms. The first-order valence-corrected chi connectivity index (χ1v) is 11.0. The van der Waals surface area contributed by atoms with E-state index in [1.54, 1.807) is 49.4 Å². The molecule has 0 aliphatic carbocycles. The Morgan fingerprint density at radius 2 is 1.34 bits per heavy atom. The van der Waals surface area contributed by atoms with Crippen LogP contribution in [0.5, 0.6) is 0 Å². The van der Waals surface area contributed by atoms with Crippen LogP contribution in [0.25, 0.3) is 11.1 Å². The Labute approximate surface area is 202 Å². The molecule has 0 heterocycles. The number of hydrogen-bond acceptors (Lipinski definition) is 6. The van der Waals surface area contributed by atoms with Gasteiger partial charge in [-0.05, 0) is 35.7 Å². The molecule has 3 aromatic carbocycles. The third-order valence-corrected chi connectivity index (χ3v) is 5.63. The molecule has 0 saturated heterocycles. The molecule has 182 valence electrons. The zero-order valence-corrected chi connectivity index (χ0v) is 19.1. The number of hydroxylamine groups is 1. The van der Waals surface area contributed by atoms with E-state index in [-0.39, 0.29) is 0 Å². The van der Waals surface area contributed by atoms with Gasteiger partial charge in [0.2, 0.25) is 11.8 Å². The first kappa shape index (κ1) is 25.4. The Kier molecular flexibility index (Phi) is 8.55. The smallest absolute Gasteiger partial charge is 0.274 e. The Balaban J connectivity index is 1.80. The summed E-state index contributed by atoms with van der Waals surface area (Å²) in [5, 5.41) is 24.9. The summed E-state index contributed by atoms with van der Waals surface area (Å²) in [4.78, 5) is 37.2.